The Kier molecular flexibility index (Phi) is 5.81. The lowest BCUT2D eigenvalue weighted by Gasteiger charge is -2.18. The molecule has 0 aromatic heterocycles. The van der Waals surface area contributed by atoms with E-state index >= 15 is 0 Å². The molecule has 1 aromatic rings. The summed E-state index contributed by atoms with van der Waals surface area (Å²) in [5, 5.41) is 0. The number of aldehydes is 1. The zero-order chi connectivity index (χ0) is 14.3. The van der Waals surface area contributed by atoms with Crippen LogP contribution in [0.25, 0.3) is 0 Å². The molecule has 0 aliphatic heterocycles. The Morgan fingerprint density at radius 1 is 1.26 bits per heavy atom. The Morgan fingerprint density at radius 3 is 2.68 bits per heavy atom. The second-order valence-corrected chi connectivity index (χ2v) is 5.68. The monoisotopic (exact) mass is 260 g/mol. The van der Waals surface area contributed by atoms with E-state index < -0.39 is 0 Å². The second kappa shape index (κ2) is 7.13. The van der Waals surface area contributed by atoms with Crippen LogP contribution in [-0.2, 0) is 4.79 Å². The highest BCUT2D eigenvalue weighted by Crippen LogP contribution is 2.23. The molecule has 0 fully saturated rings. The van der Waals surface area contributed by atoms with Crippen LogP contribution in [0.15, 0.2) is 30.4 Å². The van der Waals surface area contributed by atoms with Gasteiger partial charge in [-0.15, -0.1) is 0 Å². The van der Waals surface area contributed by atoms with Crippen molar-refractivity contribution < 1.29 is 9.53 Å². The fraction of sp³-hybridized carbons (Fsp3) is 0.471. The van der Waals surface area contributed by atoms with Crippen LogP contribution >= 0.6 is 0 Å². The van der Waals surface area contributed by atoms with E-state index in [1.807, 2.05) is 13.0 Å². The van der Waals surface area contributed by atoms with Crippen LogP contribution in [-0.4, -0.2) is 12.9 Å². The van der Waals surface area contributed by atoms with E-state index in [0.29, 0.717) is 13.0 Å². The summed E-state index contributed by atoms with van der Waals surface area (Å²) in [6.45, 7) is 8.93. The molecule has 0 radical (unpaired) electrons. The molecule has 0 heterocycles. The third-order valence-corrected chi connectivity index (χ3v) is 3.15. The predicted molar refractivity (Wildman–Crippen MR) is 79.6 cm³/mol. The third kappa shape index (κ3) is 5.73. The topological polar surface area (TPSA) is 26.3 Å². The van der Waals surface area contributed by atoms with E-state index in [9.17, 15) is 4.79 Å². The Morgan fingerprint density at radius 2 is 2.00 bits per heavy atom. The molecule has 1 aromatic carbocycles. The molecule has 1 rings (SSSR count). The van der Waals surface area contributed by atoms with Gasteiger partial charge in [-0.3, -0.25) is 0 Å². The van der Waals surface area contributed by atoms with Crippen molar-refractivity contribution >= 4 is 6.29 Å². The van der Waals surface area contributed by atoms with Gasteiger partial charge >= 0.3 is 0 Å². The zero-order valence-electron chi connectivity index (χ0n) is 12.4. The van der Waals surface area contributed by atoms with E-state index in [1.165, 1.54) is 5.56 Å². The highest BCUT2D eigenvalue weighted by molar-refractivity contribution is 5.49. The van der Waals surface area contributed by atoms with Crippen molar-refractivity contribution in [3.63, 3.8) is 0 Å². The number of rotatable bonds is 7. The lowest BCUT2D eigenvalue weighted by Crippen LogP contribution is -2.08. The Hall–Kier alpha value is -1.57. The predicted octanol–water partition coefficient (Wildman–Crippen LogP) is 4.24. The van der Waals surface area contributed by atoms with Gasteiger partial charge in [-0.1, -0.05) is 38.1 Å². The van der Waals surface area contributed by atoms with Gasteiger partial charge in [0, 0.05) is 6.42 Å². The van der Waals surface area contributed by atoms with Crippen LogP contribution in [0.4, 0.5) is 0 Å². The summed E-state index contributed by atoms with van der Waals surface area (Å²) >= 11 is 0. The van der Waals surface area contributed by atoms with Crippen molar-refractivity contribution in [1.29, 1.82) is 0 Å². The van der Waals surface area contributed by atoms with Gasteiger partial charge in [0.05, 0.1) is 0 Å². The lowest BCUT2D eigenvalue weighted by molar-refractivity contribution is -0.108. The van der Waals surface area contributed by atoms with Crippen LogP contribution in [0.2, 0.25) is 0 Å². The second-order valence-electron chi connectivity index (χ2n) is 5.68. The summed E-state index contributed by atoms with van der Waals surface area (Å²) < 4.78 is 5.76. The molecule has 0 amide bonds. The van der Waals surface area contributed by atoms with Crippen molar-refractivity contribution in [2.75, 3.05) is 6.61 Å². The molecule has 0 bridgehead atoms. The molecular formula is C17H24O2. The Bertz CT molecular complexity index is 445. The molecule has 19 heavy (non-hydrogen) atoms. The van der Waals surface area contributed by atoms with Crippen LogP contribution in [0, 0.1) is 19.3 Å². The molecule has 0 atom stereocenters. The third-order valence-electron chi connectivity index (χ3n) is 3.15. The van der Waals surface area contributed by atoms with Gasteiger partial charge in [0.1, 0.15) is 18.6 Å². The average Bonchev–Trinajstić information content (AvgIpc) is 2.36. The molecule has 0 spiro atoms. The fourth-order valence-electron chi connectivity index (χ4n) is 1.88. The van der Waals surface area contributed by atoms with E-state index in [0.717, 1.165) is 24.0 Å². The smallest absolute Gasteiger partial charge is 0.122 e. The largest absolute Gasteiger partial charge is 0.489 e. The van der Waals surface area contributed by atoms with E-state index in [1.54, 1.807) is 0 Å². The fourth-order valence-corrected chi connectivity index (χ4v) is 1.88. The first-order chi connectivity index (χ1) is 8.94. The Labute approximate surface area is 116 Å². The number of benzene rings is 1. The van der Waals surface area contributed by atoms with Crippen molar-refractivity contribution in [2.45, 2.75) is 40.5 Å². The number of hydrogen-bond acceptors (Lipinski definition) is 2. The SMILES string of the molecule is Cc1ccc(C)c(OCC=CC(C)(C)CCC=O)c1. The summed E-state index contributed by atoms with van der Waals surface area (Å²) in [5.74, 6) is 0.940. The molecule has 104 valence electrons. The molecule has 0 N–H and O–H groups in total. The first-order valence-electron chi connectivity index (χ1n) is 6.76. The van der Waals surface area contributed by atoms with Gasteiger partial charge in [0.2, 0.25) is 0 Å². The minimum absolute atomic E-state index is 0.0475. The first kappa shape index (κ1) is 15.5. The van der Waals surface area contributed by atoms with Crippen LogP contribution in [0.1, 0.15) is 37.8 Å². The quantitative estimate of drug-likeness (QED) is 0.541. The van der Waals surface area contributed by atoms with Gasteiger partial charge in [0.15, 0.2) is 0 Å². The molecule has 2 heteroatoms. The molecule has 0 unspecified atom stereocenters. The molecule has 0 aliphatic rings. The molecule has 0 saturated carbocycles. The van der Waals surface area contributed by atoms with E-state index in [4.69, 9.17) is 4.74 Å². The highest BCUT2D eigenvalue weighted by Gasteiger charge is 2.12. The number of ether oxygens (including phenoxy) is 1. The van der Waals surface area contributed by atoms with Crippen molar-refractivity contribution in [1.82, 2.24) is 0 Å². The summed E-state index contributed by atoms with van der Waals surface area (Å²) in [6, 6.07) is 6.21. The minimum atomic E-state index is 0.0475. The maximum absolute atomic E-state index is 10.4. The van der Waals surface area contributed by atoms with Gasteiger partial charge in [-0.2, -0.15) is 0 Å². The van der Waals surface area contributed by atoms with Gasteiger partial charge < -0.3 is 9.53 Å². The first-order valence-corrected chi connectivity index (χ1v) is 6.76. The van der Waals surface area contributed by atoms with Crippen molar-refractivity contribution in [2.24, 2.45) is 5.41 Å². The highest BCUT2D eigenvalue weighted by atomic mass is 16.5. The number of hydrogen-bond donors (Lipinski definition) is 0. The number of aryl methyl sites for hydroxylation is 2. The normalized spacial score (nSPS) is 11.8. The zero-order valence-corrected chi connectivity index (χ0v) is 12.4. The average molecular weight is 260 g/mol. The van der Waals surface area contributed by atoms with Gasteiger partial charge in [-0.05, 0) is 42.9 Å². The number of carbonyl (C=O) groups excluding carboxylic acids is 1. The maximum Gasteiger partial charge on any atom is 0.122 e. The van der Waals surface area contributed by atoms with Crippen molar-refractivity contribution in [3.8, 4) is 5.75 Å². The minimum Gasteiger partial charge on any atom is -0.489 e. The summed E-state index contributed by atoms with van der Waals surface area (Å²) in [6.07, 6.45) is 6.61. The molecule has 2 nitrogen and oxygen atoms in total. The Balaban J connectivity index is 2.49. The lowest BCUT2D eigenvalue weighted by atomic mass is 9.88. The van der Waals surface area contributed by atoms with Crippen LogP contribution < -0.4 is 4.74 Å². The number of allylic oxidation sites excluding steroid dienone is 1. The molecule has 0 aliphatic carbocycles. The van der Waals surface area contributed by atoms with E-state index in [2.05, 4.69) is 45.0 Å². The molecular weight excluding hydrogens is 236 g/mol. The van der Waals surface area contributed by atoms with E-state index in [-0.39, 0.29) is 5.41 Å². The standard InChI is InChI=1S/C17H24O2/c1-14-7-8-15(2)16(13-14)19-12-6-10-17(3,4)9-5-11-18/h6-8,10-11,13H,5,9,12H2,1-4H3. The van der Waals surface area contributed by atoms with Gasteiger partial charge in [0.25, 0.3) is 0 Å². The van der Waals surface area contributed by atoms with Crippen LogP contribution in [0.5, 0.6) is 5.75 Å². The number of carbonyl (C=O) groups is 1. The van der Waals surface area contributed by atoms with Gasteiger partial charge in [-0.25, -0.2) is 0 Å². The maximum atomic E-state index is 10.4. The summed E-state index contributed by atoms with van der Waals surface area (Å²) in [7, 11) is 0. The summed E-state index contributed by atoms with van der Waals surface area (Å²) in [5.41, 5.74) is 2.40. The summed E-state index contributed by atoms with van der Waals surface area (Å²) in [4.78, 5) is 10.4. The van der Waals surface area contributed by atoms with Crippen LogP contribution in [0.3, 0.4) is 0 Å². The molecule has 0 saturated heterocycles. The van der Waals surface area contributed by atoms with Crippen molar-refractivity contribution in [3.05, 3.63) is 41.5 Å².